The summed E-state index contributed by atoms with van der Waals surface area (Å²) in [5.74, 6) is 0.582. The predicted molar refractivity (Wildman–Crippen MR) is 90.9 cm³/mol. The van der Waals surface area contributed by atoms with Gasteiger partial charge < -0.3 is 9.64 Å². The number of benzene rings is 1. The van der Waals surface area contributed by atoms with Gasteiger partial charge in [0, 0.05) is 23.0 Å². The van der Waals surface area contributed by atoms with Crippen LogP contribution in [0.25, 0.3) is 0 Å². The van der Waals surface area contributed by atoms with Crippen molar-refractivity contribution >= 4 is 22.0 Å². The molecule has 5 heteroatoms. The highest BCUT2D eigenvalue weighted by Crippen LogP contribution is 2.65. The van der Waals surface area contributed by atoms with Crippen LogP contribution in [0.15, 0.2) is 22.7 Å². The third kappa shape index (κ3) is 2.88. The molecule has 0 aromatic heterocycles. The minimum Gasteiger partial charge on any atom is -0.444 e. The highest BCUT2D eigenvalue weighted by molar-refractivity contribution is 9.10. The molecule has 23 heavy (non-hydrogen) atoms. The smallest absolute Gasteiger partial charge is 0.410 e. The number of fused-ring (bicyclic) bond motifs is 1. The number of halogens is 2. The Morgan fingerprint density at radius 2 is 1.96 bits per heavy atom. The van der Waals surface area contributed by atoms with Crippen molar-refractivity contribution in [2.75, 3.05) is 13.1 Å². The van der Waals surface area contributed by atoms with Gasteiger partial charge in [0.05, 0.1) is 0 Å². The van der Waals surface area contributed by atoms with E-state index in [0.717, 1.165) is 16.5 Å². The lowest BCUT2D eigenvalue weighted by Crippen LogP contribution is -2.39. The maximum Gasteiger partial charge on any atom is 0.410 e. The molecule has 3 rings (SSSR count). The largest absolute Gasteiger partial charge is 0.444 e. The van der Waals surface area contributed by atoms with Crippen molar-refractivity contribution in [3.05, 3.63) is 34.1 Å². The van der Waals surface area contributed by atoms with E-state index in [9.17, 15) is 9.18 Å². The van der Waals surface area contributed by atoms with Crippen molar-refractivity contribution in [1.29, 1.82) is 0 Å². The monoisotopic (exact) mass is 383 g/mol. The standard InChI is InChI=1S/C18H23BrFNO2/c1-5-18(11-6-12(19)8-13(20)7-11)14-9-21(10-15(14)18)16(22)23-17(2,3)4/h6-8,14-15H,5,9-10H2,1-4H3/t14-,15+,18-. The molecule has 3 atom stereocenters. The van der Waals surface area contributed by atoms with Crippen molar-refractivity contribution in [3.63, 3.8) is 0 Å². The third-order valence-corrected chi connectivity index (χ3v) is 5.63. The summed E-state index contributed by atoms with van der Waals surface area (Å²) in [5, 5.41) is 0. The summed E-state index contributed by atoms with van der Waals surface area (Å²) >= 11 is 3.39. The molecule has 1 aliphatic carbocycles. The first-order valence-electron chi connectivity index (χ1n) is 8.12. The number of carbonyl (C=O) groups excluding carboxylic acids is 1. The average Bonchev–Trinajstić information content (AvgIpc) is 2.79. The molecule has 3 nitrogen and oxygen atoms in total. The second kappa shape index (κ2) is 5.47. The second-order valence-corrected chi connectivity index (χ2v) is 8.57. The topological polar surface area (TPSA) is 29.5 Å². The number of piperidine rings is 1. The lowest BCUT2D eigenvalue weighted by molar-refractivity contribution is 0.0260. The number of hydrogen-bond acceptors (Lipinski definition) is 2. The van der Waals surface area contributed by atoms with Crippen LogP contribution in [0, 0.1) is 17.7 Å². The summed E-state index contributed by atoms with van der Waals surface area (Å²) in [7, 11) is 0. The number of ether oxygens (including phenoxy) is 1. The van der Waals surface area contributed by atoms with Crippen LogP contribution >= 0.6 is 15.9 Å². The van der Waals surface area contributed by atoms with Crippen LogP contribution in [0.2, 0.25) is 0 Å². The van der Waals surface area contributed by atoms with Crippen LogP contribution in [0.4, 0.5) is 9.18 Å². The SMILES string of the molecule is CC[C@@]1(c2cc(F)cc(Br)c2)[C@@H]2CN(C(=O)OC(C)(C)C)C[C@@H]21. The Bertz CT molecular complexity index is 608. The minimum absolute atomic E-state index is 0.00311. The lowest BCUT2D eigenvalue weighted by atomic mass is 9.87. The molecule has 1 saturated carbocycles. The summed E-state index contributed by atoms with van der Waals surface area (Å²) < 4.78 is 20.0. The fraction of sp³-hybridized carbons (Fsp3) is 0.611. The fourth-order valence-electron chi connectivity index (χ4n) is 4.19. The van der Waals surface area contributed by atoms with E-state index in [1.807, 2.05) is 26.8 Å². The molecule has 1 aliphatic heterocycles. The number of likely N-dealkylation sites (tertiary alicyclic amines) is 1. The Hall–Kier alpha value is -1.10. The van der Waals surface area contributed by atoms with Gasteiger partial charge in [-0.2, -0.15) is 0 Å². The van der Waals surface area contributed by atoms with E-state index in [1.165, 1.54) is 6.07 Å². The Morgan fingerprint density at radius 1 is 1.35 bits per heavy atom. The average molecular weight is 384 g/mol. The number of amides is 1. The van der Waals surface area contributed by atoms with Crippen LogP contribution in [0.5, 0.6) is 0 Å². The van der Waals surface area contributed by atoms with Crippen molar-refractivity contribution in [3.8, 4) is 0 Å². The molecule has 1 aromatic carbocycles. The van der Waals surface area contributed by atoms with Gasteiger partial charge in [-0.15, -0.1) is 0 Å². The van der Waals surface area contributed by atoms with Crippen LogP contribution in [-0.4, -0.2) is 29.7 Å². The molecule has 1 heterocycles. The van der Waals surface area contributed by atoms with Gasteiger partial charge in [0.25, 0.3) is 0 Å². The molecule has 2 aliphatic rings. The molecule has 1 amide bonds. The van der Waals surface area contributed by atoms with Crippen LogP contribution in [0.3, 0.4) is 0 Å². The Labute approximate surface area is 145 Å². The van der Waals surface area contributed by atoms with Crippen LogP contribution in [-0.2, 0) is 10.2 Å². The van der Waals surface area contributed by atoms with E-state index in [0.29, 0.717) is 24.9 Å². The summed E-state index contributed by atoms with van der Waals surface area (Å²) in [5.41, 5.74) is 0.577. The van der Waals surface area contributed by atoms with E-state index in [4.69, 9.17) is 4.74 Å². The van der Waals surface area contributed by atoms with E-state index in [-0.39, 0.29) is 17.3 Å². The zero-order chi connectivity index (χ0) is 17.0. The van der Waals surface area contributed by atoms with Gasteiger partial charge in [0.1, 0.15) is 11.4 Å². The molecule has 1 saturated heterocycles. The molecule has 0 spiro atoms. The zero-order valence-electron chi connectivity index (χ0n) is 14.0. The van der Waals surface area contributed by atoms with Crippen molar-refractivity contribution in [1.82, 2.24) is 4.90 Å². The Kier molecular flexibility index (Phi) is 3.98. The summed E-state index contributed by atoms with van der Waals surface area (Å²) in [6.45, 7) is 9.17. The van der Waals surface area contributed by atoms with Gasteiger partial charge in [0.2, 0.25) is 0 Å². The Balaban J connectivity index is 1.75. The zero-order valence-corrected chi connectivity index (χ0v) is 15.6. The maximum atomic E-state index is 13.8. The van der Waals surface area contributed by atoms with E-state index in [2.05, 4.69) is 22.9 Å². The summed E-state index contributed by atoms with van der Waals surface area (Å²) in [6.07, 6.45) is 0.718. The molecular formula is C18H23BrFNO2. The first-order chi connectivity index (χ1) is 10.7. The minimum atomic E-state index is -0.473. The van der Waals surface area contributed by atoms with Gasteiger partial charge in [-0.1, -0.05) is 22.9 Å². The molecule has 2 fully saturated rings. The molecular weight excluding hydrogens is 361 g/mol. The Morgan fingerprint density at radius 3 is 2.43 bits per heavy atom. The molecule has 0 unspecified atom stereocenters. The molecule has 0 bridgehead atoms. The molecule has 126 valence electrons. The number of nitrogens with zero attached hydrogens (tertiary/aromatic N) is 1. The first kappa shape index (κ1) is 16.7. The fourth-order valence-corrected chi connectivity index (χ4v) is 4.65. The normalized spacial score (nSPS) is 29.4. The van der Waals surface area contributed by atoms with Crippen LogP contribution in [0.1, 0.15) is 39.7 Å². The van der Waals surface area contributed by atoms with Gasteiger partial charge in [0.15, 0.2) is 0 Å². The molecule has 0 radical (unpaired) electrons. The number of carbonyl (C=O) groups is 1. The third-order valence-electron chi connectivity index (χ3n) is 5.17. The first-order valence-corrected chi connectivity index (χ1v) is 8.91. The highest BCUT2D eigenvalue weighted by Gasteiger charge is 2.68. The van der Waals surface area contributed by atoms with Gasteiger partial charge in [-0.25, -0.2) is 9.18 Å². The van der Waals surface area contributed by atoms with Gasteiger partial charge in [-0.05, 0) is 62.8 Å². The predicted octanol–water partition coefficient (Wildman–Crippen LogP) is 4.73. The number of rotatable bonds is 2. The summed E-state index contributed by atoms with van der Waals surface area (Å²) in [4.78, 5) is 14.0. The van der Waals surface area contributed by atoms with Crippen molar-refractivity contribution < 1.29 is 13.9 Å². The second-order valence-electron chi connectivity index (χ2n) is 7.65. The highest BCUT2D eigenvalue weighted by atomic mass is 79.9. The lowest BCUT2D eigenvalue weighted by Gasteiger charge is -2.29. The molecule has 1 aromatic rings. The van der Waals surface area contributed by atoms with Crippen molar-refractivity contribution in [2.24, 2.45) is 11.8 Å². The van der Waals surface area contributed by atoms with E-state index < -0.39 is 5.60 Å². The quantitative estimate of drug-likeness (QED) is 0.738. The van der Waals surface area contributed by atoms with E-state index in [1.54, 1.807) is 11.0 Å². The van der Waals surface area contributed by atoms with Gasteiger partial charge >= 0.3 is 6.09 Å². The summed E-state index contributed by atoms with van der Waals surface area (Å²) in [6, 6.07) is 5.14. The van der Waals surface area contributed by atoms with E-state index >= 15 is 0 Å². The van der Waals surface area contributed by atoms with Gasteiger partial charge in [-0.3, -0.25) is 0 Å². The van der Waals surface area contributed by atoms with Crippen LogP contribution < -0.4 is 0 Å². The van der Waals surface area contributed by atoms with Crippen molar-refractivity contribution in [2.45, 2.75) is 45.1 Å². The number of hydrogen-bond donors (Lipinski definition) is 0. The molecule has 0 N–H and O–H groups in total. The maximum absolute atomic E-state index is 13.8.